The first-order chi connectivity index (χ1) is 8.81. The average molecular weight is 333 g/mol. The number of hydrogen-bond donors (Lipinski definition) is 3. The largest absolute Gasteiger partial charge is 0.480 e. The average Bonchev–Trinajstić information content (AvgIpc) is 2.26. The van der Waals surface area contributed by atoms with Crippen molar-refractivity contribution in [2.24, 2.45) is 5.73 Å². The molecule has 4 N–H and O–H groups in total. The fraction of sp³-hybridized carbons (Fsp3) is 0.182. The summed E-state index contributed by atoms with van der Waals surface area (Å²) in [5.41, 5.74) is 4.94. The van der Waals surface area contributed by atoms with Gasteiger partial charge in [0.1, 0.15) is 11.9 Å². The number of carboxylic acid groups (broad SMARTS) is 1. The van der Waals surface area contributed by atoms with Gasteiger partial charge in [-0.3, -0.25) is 9.59 Å². The minimum atomic E-state index is -1.43. The lowest BCUT2D eigenvalue weighted by molar-refractivity contribution is -0.140. The molecule has 8 heteroatoms. The van der Waals surface area contributed by atoms with Gasteiger partial charge >= 0.3 is 5.97 Å². The van der Waals surface area contributed by atoms with Crippen LogP contribution < -0.4 is 11.1 Å². The molecule has 0 saturated heterocycles. The number of rotatable bonds is 5. The second-order valence-electron chi connectivity index (χ2n) is 3.66. The van der Waals surface area contributed by atoms with E-state index in [9.17, 15) is 18.8 Å². The van der Waals surface area contributed by atoms with Crippen molar-refractivity contribution >= 4 is 33.7 Å². The van der Waals surface area contributed by atoms with Crippen molar-refractivity contribution in [3.63, 3.8) is 0 Å². The molecule has 0 fully saturated rings. The SMILES string of the molecule is NC(=O)CC(NC(=O)c1ccc(F)cc1Br)C(=O)O. The predicted molar refractivity (Wildman–Crippen MR) is 66.8 cm³/mol. The third kappa shape index (κ3) is 4.32. The highest BCUT2D eigenvalue weighted by Gasteiger charge is 2.23. The van der Waals surface area contributed by atoms with Crippen LogP contribution in [0.1, 0.15) is 16.8 Å². The zero-order valence-electron chi connectivity index (χ0n) is 9.52. The van der Waals surface area contributed by atoms with Crippen LogP contribution in [0.5, 0.6) is 0 Å². The summed E-state index contributed by atoms with van der Waals surface area (Å²) in [7, 11) is 0. The number of carbonyl (C=O) groups excluding carboxylic acids is 2. The Bertz CT molecular complexity index is 535. The highest BCUT2D eigenvalue weighted by atomic mass is 79.9. The van der Waals surface area contributed by atoms with Crippen LogP contribution in [0.3, 0.4) is 0 Å². The Kier molecular flexibility index (Phi) is 4.99. The number of halogens is 2. The van der Waals surface area contributed by atoms with Crippen LogP contribution in [-0.2, 0) is 9.59 Å². The van der Waals surface area contributed by atoms with Crippen molar-refractivity contribution in [2.45, 2.75) is 12.5 Å². The summed E-state index contributed by atoms with van der Waals surface area (Å²) >= 11 is 2.99. The Hall–Kier alpha value is -1.96. The van der Waals surface area contributed by atoms with E-state index in [0.717, 1.165) is 12.1 Å². The number of primary amides is 1. The normalized spacial score (nSPS) is 11.7. The summed E-state index contributed by atoms with van der Waals surface area (Å²) in [6, 6.07) is 1.89. The van der Waals surface area contributed by atoms with Crippen LogP contribution in [0.25, 0.3) is 0 Å². The Morgan fingerprint density at radius 3 is 2.53 bits per heavy atom. The number of nitrogens with one attached hydrogen (secondary N) is 1. The van der Waals surface area contributed by atoms with Gasteiger partial charge in [0, 0.05) is 4.47 Å². The number of carboxylic acids is 1. The summed E-state index contributed by atoms with van der Waals surface area (Å²) in [5.74, 6) is -3.54. The van der Waals surface area contributed by atoms with E-state index in [2.05, 4.69) is 21.2 Å². The van der Waals surface area contributed by atoms with Gasteiger partial charge in [-0.05, 0) is 34.1 Å². The molecule has 0 aliphatic heterocycles. The van der Waals surface area contributed by atoms with Gasteiger partial charge < -0.3 is 16.2 Å². The zero-order valence-corrected chi connectivity index (χ0v) is 11.1. The maximum Gasteiger partial charge on any atom is 0.326 e. The molecule has 1 unspecified atom stereocenters. The molecule has 1 aromatic carbocycles. The van der Waals surface area contributed by atoms with E-state index in [0.29, 0.717) is 0 Å². The summed E-state index contributed by atoms with van der Waals surface area (Å²) in [5, 5.41) is 11.0. The minimum Gasteiger partial charge on any atom is -0.480 e. The Morgan fingerprint density at radius 1 is 1.42 bits per heavy atom. The van der Waals surface area contributed by atoms with Crippen molar-refractivity contribution in [3.8, 4) is 0 Å². The van der Waals surface area contributed by atoms with Crippen molar-refractivity contribution < 1.29 is 23.9 Å². The second-order valence-corrected chi connectivity index (χ2v) is 4.51. The molecule has 0 bridgehead atoms. The third-order valence-electron chi connectivity index (χ3n) is 2.18. The molecule has 0 spiro atoms. The lowest BCUT2D eigenvalue weighted by Gasteiger charge is -2.13. The molecule has 0 radical (unpaired) electrons. The number of nitrogens with two attached hydrogens (primary N) is 1. The van der Waals surface area contributed by atoms with Crippen LogP contribution in [0, 0.1) is 5.82 Å². The number of benzene rings is 1. The predicted octanol–water partition coefficient (Wildman–Crippen LogP) is 0.647. The number of amides is 2. The van der Waals surface area contributed by atoms with Crippen molar-refractivity contribution in [3.05, 3.63) is 34.1 Å². The van der Waals surface area contributed by atoms with Gasteiger partial charge in [0.05, 0.1) is 12.0 Å². The smallest absolute Gasteiger partial charge is 0.326 e. The molecular formula is C11H10BrFN2O4. The van der Waals surface area contributed by atoms with E-state index < -0.39 is 36.1 Å². The molecule has 102 valence electrons. The molecule has 19 heavy (non-hydrogen) atoms. The van der Waals surface area contributed by atoms with E-state index in [1.54, 1.807) is 0 Å². The molecule has 0 aromatic heterocycles. The zero-order chi connectivity index (χ0) is 14.6. The standard InChI is InChI=1S/C11H10BrFN2O4/c12-7-3-5(13)1-2-6(7)10(17)15-8(11(18)19)4-9(14)16/h1-3,8H,4H2,(H2,14,16)(H,15,17)(H,18,19). The summed E-state index contributed by atoms with van der Waals surface area (Å²) in [6.07, 6.45) is -0.528. The summed E-state index contributed by atoms with van der Waals surface area (Å²) in [4.78, 5) is 33.3. The summed E-state index contributed by atoms with van der Waals surface area (Å²) < 4.78 is 13.0. The van der Waals surface area contributed by atoms with Crippen LogP contribution in [0.2, 0.25) is 0 Å². The molecule has 0 aliphatic rings. The van der Waals surface area contributed by atoms with Crippen molar-refractivity contribution in [1.29, 1.82) is 0 Å². The quantitative estimate of drug-likeness (QED) is 0.735. The van der Waals surface area contributed by atoms with Gasteiger partial charge in [0.2, 0.25) is 5.91 Å². The maximum absolute atomic E-state index is 12.9. The van der Waals surface area contributed by atoms with Gasteiger partial charge in [-0.1, -0.05) is 0 Å². The highest BCUT2D eigenvalue weighted by molar-refractivity contribution is 9.10. The number of aliphatic carboxylic acids is 1. The van der Waals surface area contributed by atoms with E-state index in [4.69, 9.17) is 10.8 Å². The van der Waals surface area contributed by atoms with E-state index >= 15 is 0 Å². The van der Waals surface area contributed by atoms with Gasteiger partial charge in [-0.15, -0.1) is 0 Å². The molecule has 6 nitrogen and oxygen atoms in total. The molecule has 2 amide bonds. The van der Waals surface area contributed by atoms with Gasteiger partial charge in [0.25, 0.3) is 5.91 Å². The van der Waals surface area contributed by atoms with Crippen molar-refractivity contribution in [1.82, 2.24) is 5.32 Å². The Balaban J connectivity index is 2.87. The minimum absolute atomic E-state index is 0.0529. The molecule has 1 atom stereocenters. The molecule has 1 aromatic rings. The van der Waals surface area contributed by atoms with Gasteiger partial charge in [-0.2, -0.15) is 0 Å². The Labute approximate surface area is 115 Å². The Morgan fingerprint density at radius 2 is 2.05 bits per heavy atom. The van der Waals surface area contributed by atoms with Gasteiger partial charge in [-0.25, -0.2) is 9.18 Å². The molecule has 0 saturated carbocycles. The molecule has 1 rings (SSSR count). The lowest BCUT2D eigenvalue weighted by Crippen LogP contribution is -2.43. The first-order valence-corrected chi connectivity index (χ1v) is 5.87. The van der Waals surface area contributed by atoms with E-state index in [-0.39, 0.29) is 10.0 Å². The number of carbonyl (C=O) groups is 3. The van der Waals surface area contributed by atoms with E-state index in [1.807, 2.05) is 0 Å². The first-order valence-electron chi connectivity index (χ1n) is 5.08. The molecule has 0 heterocycles. The fourth-order valence-corrected chi connectivity index (χ4v) is 1.84. The van der Waals surface area contributed by atoms with Crippen LogP contribution >= 0.6 is 15.9 Å². The lowest BCUT2D eigenvalue weighted by atomic mass is 10.1. The first kappa shape index (κ1) is 15.1. The van der Waals surface area contributed by atoms with E-state index in [1.165, 1.54) is 6.07 Å². The van der Waals surface area contributed by atoms with Crippen LogP contribution in [-0.4, -0.2) is 28.9 Å². The molecular weight excluding hydrogens is 323 g/mol. The van der Waals surface area contributed by atoms with Gasteiger partial charge in [0.15, 0.2) is 0 Å². The topological polar surface area (TPSA) is 109 Å². The fourth-order valence-electron chi connectivity index (χ4n) is 1.31. The molecule has 0 aliphatic carbocycles. The second kappa shape index (κ2) is 6.28. The maximum atomic E-state index is 12.9. The van der Waals surface area contributed by atoms with Crippen LogP contribution in [0.4, 0.5) is 4.39 Å². The van der Waals surface area contributed by atoms with Crippen LogP contribution in [0.15, 0.2) is 22.7 Å². The highest BCUT2D eigenvalue weighted by Crippen LogP contribution is 2.18. The van der Waals surface area contributed by atoms with Crippen molar-refractivity contribution in [2.75, 3.05) is 0 Å². The summed E-state index contributed by atoms with van der Waals surface area (Å²) in [6.45, 7) is 0. The third-order valence-corrected chi connectivity index (χ3v) is 2.84. The number of hydrogen-bond acceptors (Lipinski definition) is 3. The monoisotopic (exact) mass is 332 g/mol.